The third-order valence-corrected chi connectivity index (χ3v) is 2.66. The minimum absolute atomic E-state index is 0.557. The van der Waals surface area contributed by atoms with Crippen molar-refractivity contribution >= 4 is 15.4 Å². The Bertz CT molecular complexity index is 318. The van der Waals surface area contributed by atoms with E-state index in [4.69, 9.17) is 4.74 Å². The van der Waals surface area contributed by atoms with Gasteiger partial charge in [0.1, 0.15) is 5.75 Å². The van der Waals surface area contributed by atoms with Crippen LogP contribution < -0.4 is 9.92 Å². The predicted octanol–water partition coefficient (Wildman–Crippen LogP) is 2.13. The summed E-state index contributed by atoms with van der Waals surface area (Å²) in [5, 5.41) is 1.07. The molecule has 0 heterocycles. The van der Waals surface area contributed by atoms with E-state index in [2.05, 4.69) is 50.1 Å². The zero-order valence-corrected chi connectivity index (χ0v) is 10.3. The summed E-state index contributed by atoms with van der Waals surface area (Å²) in [6.45, 7) is 9.23. The van der Waals surface area contributed by atoms with Crippen LogP contribution in [0.3, 0.4) is 0 Å². The van der Waals surface area contributed by atoms with Crippen molar-refractivity contribution in [2.45, 2.75) is 27.7 Å². The number of hydrogen-bond acceptors (Lipinski definition) is 1. The summed E-state index contributed by atoms with van der Waals surface area (Å²) in [6.07, 6.45) is 0. The largest absolute Gasteiger partial charge is 0.493 e. The van der Waals surface area contributed by atoms with Gasteiger partial charge in [-0.25, -0.2) is 0 Å². The van der Waals surface area contributed by atoms with Crippen molar-refractivity contribution in [2.24, 2.45) is 5.92 Å². The Morgan fingerprint density at radius 1 is 1.29 bits per heavy atom. The van der Waals surface area contributed by atoms with Crippen LogP contribution >= 0.6 is 0 Å². The molecule has 0 aromatic heterocycles. The maximum Gasteiger partial charge on any atom is 0.118 e. The van der Waals surface area contributed by atoms with Crippen molar-refractivity contribution in [3.8, 4) is 5.75 Å². The predicted molar refractivity (Wildman–Crippen MR) is 61.6 cm³/mol. The van der Waals surface area contributed by atoms with Crippen molar-refractivity contribution in [1.82, 2.24) is 0 Å². The van der Waals surface area contributed by atoms with Gasteiger partial charge in [-0.1, -0.05) is 19.9 Å². The van der Waals surface area contributed by atoms with E-state index in [1.807, 2.05) is 0 Å². The van der Waals surface area contributed by atoms with E-state index in [-0.39, 0.29) is 0 Å². The van der Waals surface area contributed by atoms with E-state index in [1.54, 1.807) is 0 Å². The molecule has 0 saturated heterocycles. The smallest absolute Gasteiger partial charge is 0.118 e. The van der Waals surface area contributed by atoms with Crippen LogP contribution in [-0.2, 0) is 0 Å². The second-order valence-electron chi connectivity index (χ2n) is 4.16. The zero-order valence-electron chi connectivity index (χ0n) is 9.35. The lowest BCUT2D eigenvalue weighted by Gasteiger charge is -2.13. The zero-order chi connectivity index (χ0) is 10.7. The molecule has 0 unspecified atom stereocenters. The Morgan fingerprint density at radius 3 is 2.50 bits per heavy atom. The molecule has 1 nitrogen and oxygen atoms in total. The number of rotatable bonds is 3. The van der Waals surface area contributed by atoms with Gasteiger partial charge in [0.25, 0.3) is 0 Å². The second kappa shape index (κ2) is 4.65. The molecule has 0 atom stereocenters. The van der Waals surface area contributed by atoms with Gasteiger partial charge in [0.2, 0.25) is 0 Å². The Labute approximate surface area is 89.9 Å². The highest BCUT2D eigenvalue weighted by Crippen LogP contribution is 2.13. The number of hydrogen-bond donors (Lipinski definition) is 0. The van der Waals surface area contributed by atoms with E-state index in [1.165, 1.54) is 11.1 Å². The standard InChI is InChI=1S/C12H17OSi/c1-8(2)7-13-11-6-9(3)5-10(4)12(11)14/h5-6,8H,7H2,1-4H3. The van der Waals surface area contributed by atoms with Crippen molar-refractivity contribution < 1.29 is 4.74 Å². The summed E-state index contributed by atoms with van der Waals surface area (Å²) in [5.74, 6) is 1.51. The summed E-state index contributed by atoms with van der Waals surface area (Å²) in [6, 6.07) is 4.21. The highest BCUT2D eigenvalue weighted by atomic mass is 28.1. The van der Waals surface area contributed by atoms with Crippen LogP contribution in [0.15, 0.2) is 12.1 Å². The number of aryl methyl sites for hydroxylation is 2. The molecule has 0 aliphatic carbocycles. The first-order valence-corrected chi connectivity index (χ1v) is 5.46. The van der Waals surface area contributed by atoms with Crippen LogP contribution in [-0.4, -0.2) is 16.8 Å². The average Bonchev–Trinajstić information content (AvgIpc) is 2.08. The average molecular weight is 205 g/mol. The third kappa shape index (κ3) is 2.88. The van der Waals surface area contributed by atoms with Gasteiger partial charge in [-0.05, 0) is 42.1 Å². The first kappa shape index (κ1) is 11.3. The van der Waals surface area contributed by atoms with E-state index in [9.17, 15) is 0 Å². The molecule has 14 heavy (non-hydrogen) atoms. The lowest BCUT2D eigenvalue weighted by Crippen LogP contribution is -2.15. The molecule has 0 amide bonds. The normalized spacial score (nSPS) is 10.7. The van der Waals surface area contributed by atoms with Crippen molar-refractivity contribution in [1.29, 1.82) is 0 Å². The van der Waals surface area contributed by atoms with Gasteiger partial charge in [0, 0.05) is 0 Å². The highest BCUT2D eigenvalue weighted by Gasteiger charge is 2.04. The fraction of sp³-hybridized carbons (Fsp3) is 0.500. The molecule has 0 spiro atoms. The van der Waals surface area contributed by atoms with E-state index in [0.717, 1.165) is 17.5 Å². The Morgan fingerprint density at radius 2 is 1.93 bits per heavy atom. The van der Waals surface area contributed by atoms with Crippen LogP contribution in [0.4, 0.5) is 0 Å². The highest BCUT2D eigenvalue weighted by molar-refractivity contribution is 6.35. The van der Waals surface area contributed by atoms with Crippen LogP contribution in [0.5, 0.6) is 5.75 Å². The Kier molecular flexibility index (Phi) is 3.75. The van der Waals surface area contributed by atoms with Gasteiger partial charge in [-0.15, -0.1) is 0 Å². The first-order chi connectivity index (χ1) is 6.50. The quantitative estimate of drug-likeness (QED) is 0.687. The van der Waals surface area contributed by atoms with Crippen LogP contribution in [0.2, 0.25) is 0 Å². The summed E-state index contributed by atoms with van der Waals surface area (Å²) in [7, 11) is 3.59. The molecule has 0 aliphatic heterocycles. The van der Waals surface area contributed by atoms with E-state index in [0.29, 0.717) is 5.92 Å². The fourth-order valence-corrected chi connectivity index (χ4v) is 1.52. The van der Waals surface area contributed by atoms with Gasteiger partial charge >= 0.3 is 0 Å². The first-order valence-electron chi connectivity index (χ1n) is 4.96. The molecule has 0 bridgehead atoms. The van der Waals surface area contributed by atoms with Crippen LogP contribution in [0, 0.1) is 19.8 Å². The molecule has 2 heteroatoms. The molecule has 1 rings (SSSR count). The van der Waals surface area contributed by atoms with Crippen molar-refractivity contribution in [2.75, 3.05) is 6.61 Å². The molecule has 1 aromatic carbocycles. The van der Waals surface area contributed by atoms with Crippen LogP contribution in [0.1, 0.15) is 25.0 Å². The summed E-state index contributed by atoms with van der Waals surface area (Å²) < 4.78 is 5.71. The summed E-state index contributed by atoms with van der Waals surface area (Å²) in [4.78, 5) is 0. The monoisotopic (exact) mass is 205 g/mol. The minimum Gasteiger partial charge on any atom is -0.493 e. The third-order valence-electron chi connectivity index (χ3n) is 2.02. The molecule has 0 saturated carbocycles. The Hall–Kier alpha value is -0.763. The number of ether oxygens (including phenoxy) is 1. The van der Waals surface area contributed by atoms with Gasteiger partial charge in [0.15, 0.2) is 0 Å². The van der Waals surface area contributed by atoms with Crippen LogP contribution in [0.25, 0.3) is 0 Å². The van der Waals surface area contributed by atoms with Gasteiger partial charge in [-0.2, -0.15) is 0 Å². The van der Waals surface area contributed by atoms with E-state index < -0.39 is 0 Å². The maximum atomic E-state index is 5.71. The lowest BCUT2D eigenvalue weighted by atomic mass is 10.1. The molecule has 0 N–H and O–H groups in total. The Balaban J connectivity index is 2.85. The molecule has 3 radical (unpaired) electrons. The molecular weight excluding hydrogens is 188 g/mol. The van der Waals surface area contributed by atoms with Crippen molar-refractivity contribution in [3.63, 3.8) is 0 Å². The summed E-state index contributed by atoms with van der Waals surface area (Å²) in [5.41, 5.74) is 2.46. The molecule has 0 fully saturated rings. The SMILES string of the molecule is Cc1cc(C)c([Si])c(OCC(C)C)c1. The topological polar surface area (TPSA) is 9.23 Å². The van der Waals surface area contributed by atoms with E-state index >= 15 is 0 Å². The molecule has 75 valence electrons. The summed E-state index contributed by atoms with van der Waals surface area (Å²) >= 11 is 0. The fourth-order valence-electron chi connectivity index (χ4n) is 1.30. The van der Waals surface area contributed by atoms with Gasteiger partial charge in [0.05, 0.1) is 16.8 Å². The molecular formula is C12H17OSi. The van der Waals surface area contributed by atoms with Gasteiger partial charge in [-0.3, -0.25) is 0 Å². The second-order valence-corrected chi connectivity index (χ2v) is 4.66. The number of benzene rings is 1. The minimum atomic E-state index is 0.557. The van der Waals surface area contributed by atoms with Crippen molar-refractivity contribution in [3.05, 3.63) is 23.3 Å². The molecule has 1 aromatic rings. The molecule has 0 aliphatic rings. The van der Waals surface area contributed by atoms with Gasteiger partial charge < -0.3 is 4.74 Å². The lowest BCUT2D eigenvalue weighted by molar-refractivity contribution is 0.273. The maximum absolute atomic E-state index is 5.71.